The van der Waals surface area contributed by atoms with Crippen LogP contribution in [-0.4, -0.2) is 15.5 Å². The van der Waals surface area contributed by atoms with Gasteiger partial charge in [0.1, 0.15) is 17.2 Å². The number of aromatic nitrogens is 2. The van der Waals surface area contributed by atoms with E-state index in [9.17, 15) is 9.59 Å². The van der Waals surface area contributed by atoms with Gasteiger partial charge < -0.3 is 5.32 Å². The summed E-state index contributed by atoms with van der Waals surface area (Å²) in [7, 11) is 0. The molecule has 0 atom stereocenters. The number of hydrogen-bond acceptors (Lipinski definition) is 5. The number of carbonyl (C=O) groups is 1. The molecule has 1 aromatic carbocycles. The third-order valence-corrected chi connectivity index (χ3v) is 5.18. The Kier molecular flexibility index (Phi) is 4.38. The standard InChI is InChI=1S/C18H16N4O2S/c1-10-11(2)25-17-16(10)18(24)22(12(3)20-17)9-15(23)21-14-6-4-13(8-19)5-7-14/h4-7H,9H2,1-3H3,(H,21,23). The highest BCUT2D eigenvalue weighted by Crippen LogP contribution is 2.26. The molecule has 0 aliphatic rings. The van der Waals surface area contributed by atoms with Gasteiger partial charge in [-0.25, -0.2) is 4.98 Å². The van der Waals surface area contributed by atoms with E-state index in [1.165, 1.54) is 15.9 Å². The van der Waals surface area contributed by atoms with Crippen LogP contribution in [0.2, 0.25) is 0 Å². The average Bonchev–Trinajstić information content (AvgIpc) is 2.86. The monoisotopic (exact) mass is 352 g/mol. The molecule has 2 heterocycles. The summed E-state index contributed by atoms with van der Waals surface area (Å²) < 4.78 is 1.39. The van der Waals surface area contributed by atoms with Crippen molar-refractivity contribution in [3.63, 3.8) is 0 Å². The van der Waals surface area contributed by atoms with Crippen molar-refractivity contribution in [1.29, 1.82) is 5.26 Å². The molecule has 0 saturated carbocycles. The van der Waals surface area contributed by atoms with Crippen molar-refractivity contribution in [2.24, 2.45) is 0 Å². The maximum absolute atomic E-state index is 12.8. The second-order valence-corrected chi connectivity index (χ2v) is 6.95. The highest BCUT2D eigenvalue weighted by Gasteiger charge is 2.16. The first-order chi connectivity index (χ1) is 11.9. The van der Waals surface area contributed by atoms with Gasteiger partial charge in [-0.15, -0.1) is 11.3 Å². The predicted octanol–water partition coefficient (Wildman–Crippen LogP) is 2.89. The first-order valence-electron chi connectivity index (χ1n) is 7.68. The lowest BCUT2D eigenvalue weighted by molar-refractivity contribution is -0.116. The van der Waals surface area contributed by atoms with E-state index < -0.39 is 0 Å². The third kappa shape index (κ3) is 3.16. The molecule has 6 nitrogen and oxygen atoms in total. The van der Waals surface area contributed by atoms with Gasteiger partial charge in [-0.3, -0.25) is 14.2 Å². The molecule has 0 spiro atoms. The van der Waals surface area contributed by atoms with Crippen LogP contribution in [0.4, 0.5) is 5.69 Å². The minimum absolute atomic E-state index is 0.109. The maximum Gasteiger partial charge on any atom is 0.263 e. The Labute approximate surface area is 148 Å². The van der Waals surface area contributed by atoms with Crippen LogP contribution in [0.3, 0.4) is 0 Å². The first kappa shape index (κ1) is 16.9. The zero-order valence-corrected chi connectivity index (χ0v) is 14.9. The Morgan fingerprint density at radius 1 is 1.28 bits per heavy atom. The molecule has 3 rings (SSSR count). The minimum Gasteiger partial charge on any atom is -0.325 e. The third-order valence-electron chi connectivity index (χ3n) is 4.08. The van der Waals surface area contributed by atoms with Gasteiger partial charge in [0, 0.05) is 10.6 Å². The molecule has 0 fully saturated rings. The summed E-state index contributed by atoms with van der Waals surface area (Å²) in [5.74, 6) is 0.189. The van der Waals surface area contributed by atoms with Gasteiger partial charge >= 0.3 is 0 Å². The molecule has 0 radical (unpaired) electrons. The molecule has 0 saturated heterocycles. The van der Waals surface area contributed by atoms with Crippen molar-refractivity contribution < 1.29 is 4.79 Å². The highest BCUT2D eigenvalue weighted by atomic mass is 32.1. The highest BCUT2D eigenvalue weighted by molar-refractivity contribution is 7.18. The Balaban J connectivity index is 1.89. The average molecular weight is 352 g/mol. The Morgan fingerprint density at radius 2 is 1.96 bits per heavy atom. The van der Waals surface area contributed by atoms with Gasteiger partial charge in [0.25, 0.3) is 5.56 Å². The summed E-state index contributed by atoms with van der Waals surface area (Å²) in [6.07, 6.45) is 0. The first-order valence-corrected chi connectivity index (χ1v) is 8.49. The van der Waals surface area contributed by atoms with E-state index in [1.807, 2.05) is 19.9 Å². The Morgan fingerprint density at radius 3 is 2.60 bits per heavy atom. The number of nitrogens with one attached hydrogen (secondary N) is 1. The fourth-order valence-corrected chi connectivity index (χ4v) is 3.65. The number of rotatable bonds is 3. The van der Waals surface area contributed by atoms with Crippen LogP contribution in [0.25, 0.3) is 10.2 Å². The number of thiophene rings is 1. The van der Waals surface area contributed by atoms with Crippen molar-refractivity contribution in [3.05, 3.63) is 56.4 Å². The van der Waals surface area contributed by atoms with E-state index in [-0.39, 0.29) is 18.0 Å². The van der Waals surface area contributed by atoms with Crippen molar-refractivity contribution in [2.45, 2.75) is 27.3 Å². The van der Waals surface area contributed by atoms with Crippen LogP contribution < -0.4 is 10.9 Å². The van der Waals surface area contributed by atoms with Crippen LogP contribution in [0.15, 0.2) is 29.1 Å². The van der Waals surface area contributed by atoms with E-state index in [0.717, 1.165) is 10.4 Å². The fraction of sp³-hybridized carbons (Fsp3) is 0.222. The van der Waals surface area contributed by atoms with E-state index >= 15 is 0 Å². The minimum atomic E-state index is -0.319. The van der Waals surface area contributed by atoms with E-state index in [0.29, 0.717) is 27.3 Å². The topological polar surface area (TPSA) is 87.8 Å². The maximum atomic E-state index is 12.8. The number of benzene rings is 1. The van der Waals surface area contributed by atoms with E-state index in [1.54, 1.807) is 31.2 Å². The summed E-state index contributed by atoms with van der Waals surface area (Å²) in [5.41, 5.74) is 1.81. The number of nitrogens with zero attached hydrogens (tertiary/aromatic N) is 3. The molecule has 3 aromatic rings. The quantitative estimate of drug-likeness (QED) is 0.785. The second kappa shape index (κ2) is 6.49. The number of aryl methyl sites for hydroxylation is 3. The van der Waals surface area contributed by atoms with Crippen LogP contribution in [-0.2, 0) is 11.3 Å². The lowest BCUT2D eigenvalue weighted by Gasteiger charge is -2.10. The zero-order valence-electron chi connectivity index (χ0n) is 14.1. The van der Waals surface area contributed by atoms with Crippen LogP contribution in [0.1, 0.15) is 21.8 Å². The fourth-order valence-electron chi connectivity index (χ4n) is 2.59. The molecule has 0 aliphatic heterocycles. The van der Waals surface area contributed by atoms with E-state index in [4.69, 9.17) is 5.26 Å². The van der Waals surface area contributed by atoms with Gasteiger partial charge in [-0.1, -0.05) is 0 Å². The van der Waals surface area contributed by atoms with Gasteiger partial charge in [-0.2, -0.15) is 5.26 Å². The van der Waals surface area contributed by atoms with Crippen LogP contribution in [0.5, 0.6) is 0 Å². The smallest absolute Gasteiger partial charge is 0.263 e. The number of carbonyl (C=O) groups excluding carboxylic acids is 1. The predicted molar refractivity (Wildman–Crippen MR) is 97.9 cm³/mol. The summed E-state index contributed by atoms with van der Waals surface area (Å²) >= 11 is 1.49. The molecule has 1 amide bonds. The summed E-state index contributed by atoms with van der Waals surface area (Å²) in [4.78, 5) is 31.3. The molecule has 126 valence electrons. The molecule has 25 heavy (non-hydrogen) atoms. The zero-order chi connectivity index (χ0) is 18.1. The number of anilines is 1. The van der Waals surface area contributed by atoms with Crippen LogP contribution in [0, 0.1) is 32.1 Å². The summed E-state index contributed by atoms with van der Waals surface area (Å²) in [5, 5.41) is 12.1. The molecule has 1 N–H and O–H groups in total. The number of amides is 1. The second-order valence-electron chi connectivity index (χ2n) is 5.75. The molecular formula is C18H16N4O2S. The molecule has 0 bridgehead atoms. The Hall–Kier alpha value is -2.98. The lowest BCUT2D eigenvalue weighted by Crippen LogP contribution is -2.30. The van der Waals surface area contributed by atoms with E-state index in [2.05, 4.69) is 10.3 Å². The number of fused-ring (bicyclic) bond motifs is 1. The molecule has 0 unspecified atom stereocenters. The van der Waals surface area contributed by atoms with Crippen molar-refractivity contribution in [3.8, 4) is 6.07 Å². The van der Waals surface area contributed by atoms with Gasteiger partial charge in [0.15, 0.2) is 0 Å². The summed E-state index contributed by atoms with van der Waals surface area (Å²) in [6, 6.07) is 8.57. The van der Waals surface area contributed by atoms with Crippen molar-refractivity contribution in [2.75, 3.05) is 5.32 Å². The number of hydrogen-bond donors (Lipinski definition) is 1. The molecular weight excluding hydrogens is 336 g/mol. The van der Waals surface area contributed by atoms with Gasteiger partial charge in [0.2, 0.25) is 5.91 Å². The summed E-state index contributed by atoms with van der Waals surface area (Å²) in [6.45, 7) is 5.47. The lowest BCUT2D eigenvalue weighted by atomic mass is 10.2. The normalized spacial score (nSPS) is 10.6. The van der Waals surface area contributed by atoms with Gasteiger partial charge in [0.05, 0.1) is 17.0 Å². The molecule has 2 aromatic heterocycles. The van der Waals surface area contributed by atoms with Gasteiger partial charge in [-0.05, 0) is 50.6 Å². The Bertz CT molecular complexity index is 1070. The van der Waals surface area contributed by atoms with Crippen LogP contribution >= 0.6 is 11.3 Å². The van der Waals surface area contributed by atoms with Crippen molar-refractivity contribution >= 4 is 33.1 Å². The SMILES string of the molecule is Cc1sc2nc(C)n(CC(=O)Nc3ccc(C#N)cc3)c(=O)c2c1C. The van der Waals surface area contributed by atoms with Crippen molar-refractivity contribution in [1.82, 2.24) is 9.55 Å². The molecule has 7 heteroatoms. The molecule has 0 aliphatic carbocycles. The number of nitriles is 1. The largest absolute Gasteiger partial charge is 0.325 e.